The number of hydrogen-bond acceptors (Lipinski definition) is 4. The minimum absolute atomic E-state index is 0.000309. The van der Waals surface area contributed by atoms with Gasteiger partial charge in [-0.05, 0) is 36.8 Å². The fourth-order valence-corrected chi connectivity index (χ4v) is 4.88. The minimum atomic E-state index is -0.000309. The minimum Gasteiger partial charge on any atom is -0.343 e. The number of fused-ring (bicyclic) bond motifs is 1. The number of nitrogens with zero attached hydrogens (tertiary/aromatic N) is 3. The van der Waals surface area contributed by atoms with Crippen molar-refractivity contribution in [3.63, 3.8) is 0 Å². The second-order valence-corrected chi connectivity index (χ2v) is 7.72. The quantitative estimate of drug-likeness (QED) is 0.786. The van der Waals surface area contributed by atoms with Gasteiger partial charge in [-0.3, -0.25) is 4.79 Å². The summed E-state index contributed by atoms with van der Waals surface area (Å²) in [7, 11) is 0. The summed E-state index contributed by atoms with van der Waals surface area (Å²) >= 11 is 6.07. The molecule has 1 aromatic rings. The van der Waals surface area contributed by atoms with Crippen molar-refractivity contribution < 1.29 is 4.79 Å². The fourth-order valence-electron chi connectivity index (χ4n) is 4.75. The summed E-state index contributed by atoms with van der Waals surface area (Å²) in [6, 6.07) is 0.440. The van der Waals surface area contributed by atoms with Gasteiger partial charge in [0.2, 0.25) is 5.28 Å². The lowest BCUT2D eigenvalue weighted by Crippen LogP contribution is -2.51. The van der Waals surface area contributed by atoms with E-state index < -0.39 is 0 Å². The van der Waals surface area contributed by atoms with Crippen molar-refractivity contribution in [1.82, 2.24) is 9.97 Å². The summed E-state index contributed by atoms with van der Waals surface area (Å²) in [6.07, 6.45) is 13.2. The van der Waals surface area contributed by atoms with E-state index in [0.717, 1.165) is 30.6 Å². The van der Waals surface area contributed by atoms with Crippen molar-refractivity contribution in [2.75, 3.05) is 4.90 Å². The van der Waals surface area contributed by atoms with E-state index in [1.807, 2.05) is 0 Å². The Hall–Kier alpha value is -1.16. The van der Waals surface area contributed by atoms with Gasteiger partial charge in [-0.25, -0.2) is 9.97 Å². The molecule has 4 nitrogen and oxygen atoms in total. The van der Waals surface area contributed by atoms with E-state index in [2.05, 4.69) is 14.9 Å². The number of carbonyl (C=O) groups excluding carboxylic acids is 1. The molecule has 0 aromatic carbocycles. The molecule has 2 saturated carbocycles. The van der Waals surface area contributed by atoms with Crippen LogP contribution in [0.25, 0.3) is 0 Å². The van der Waals surface area contributed by atoms with E-state index in [4.69, 9.17) is 11.6 Å². The van der Waals surface area contributed by atoms with Crippen LogP contribution in [0.1, 0.15) is 63.4 Å². The average Bonchev–Trinajstić information content (AvgIpc) is 3.22. The molecular formula is C18H24ClN3O. The molecule has 2 heterocycles. The van der Waals surface area contributed by atoms with Crippen LogP contribution in [0.3, 0.4) is 0 Å². The first kappa shape index (κ1) is 15.4. The second kappa shape index (κ2) is 6.39. The second-order valence-electron chi connectivity index (χ2n) is 7.38. The normalized spacial score (nSPS) is 26.0. The van der Waals surface area contributed by atoms with Crippen LogP contribution in [0.15, 0.2) is 6.20 Å². The number of carbonyl (C=O) groups is 1. The molecule has 124 valence electrons. The zero-order chi connectivity index (χ0) is 15.8. The van der Waals surface area contributed by atoms with Crippen LogP contribution < -0.4 is 4.90 Å². The molecule has 5 heteroatoms. The first-order valence-electron chi connectivity index (χ1n) is 9.05. The summed E-state index contributed by atoms with van der Waals surface area (Å²) in [5, 5.41) is 0.292. The van der Waals surface area contributed by atoms with Gasteiger partial charge in [0.25, 0.3) is 0 Å². The molecule has 0 saturated heterocycles. The van der Waals surface area contributed by atoms with Crippen LogP contribution in [0, 0.1) is 5.92 Å². The Bertz CT molecular complexity index is 594. The van der Waals surface area contributed by atoms with E-state index in [9.17, 15) is 4.79 Å². The Labute approximate surface area is 142 Å². The van der Waals surface area contributed by atoms with Crippen molar-refractivity contribution in [3.05, 3.63) is 17.0 Å². The molecule has 2 aliphatic carbocycles. The third-order valence-electron chi connectivity index (χ3n) is 5.88. The number of rotatable bonds is 3. The van der Waals surface area contributed by atoms with Gasteiger partial charge in [0, 0.05) is 24.2 Å². The largest absolute Gasteiger partial charge is 0.343 e. The third-order valence-corrected chi connectivity index (χ3v) is 6.06. The molecule has 1 aromatic heterocycles. The highest BCUT2D eigenvalue weighted by molar-refractivity contribution is 6.28. The Balaban J connectivity index is 1.69. The van der Waals surface area contributed by atoms with Gasteiger partial charge < -0.3 is 4.90 Å². The third kappa shape index (κ3) is 2.98. The number of anilines is 1. The SMILES string of the molecule is O=C1Cc2cnc(Cl)nc2N(C2CCCC2)[C@@H]1CC1CCCC1. The molecule has 0 spiro atoms. The lowest BCUT2D eigenvalue weighted by molar-refractivity contribution is -0.120. The molecule has 0 bridgehead atoms. The Morgan fingerprint density at radius 2 is 1.83 bits per heavy atom. The summed E-state index contributed by atoms with van der Waals surface area (Å²) in [5.74, 6) is 1.98. The monoisotopic (exact) mass is 333 g/mol. The number of halogens is 1. The van der Waals surface area contributed by atoms with Crippen LogP contribution >= 0.6 is 11.6 Å². The maximum Gasteiger partial charge on any atom is 0.224 e. The lowest BCUT2D eigenvalue weighted by atomic mass is 9.88. The van der Waals surface area contributed by atoms with Crippen molar-refractivity contribution in [2.45, 2.75) is 76.3 Å². The first-order valence-corrected chi connectivity index (χ1v) is 9.42. The Kier molecular flexibility index (Phi) is 4.27. The van der Waals surface area contributed by atoms with Gasteiger partial charge in [-0.1, -0.05) is 38.5 Å². The molecule has 0 unspecified atom stereocenters. The summed E-state index contributed by atoms with van der Waals surface area (Å²) in [5.41, 5.74) is 0.953. The van der Waals surface area contributed by atoms with E-state index >= 15 is 0 Å². The maximum absolute atomic E-state index is 12.9. The van der Waals surface area contributed by atoms with Crippen molar-refractivity contribution in [3.8, 4) is 0 Å². The number of Topliss-reactive ketones (excluding diaryl/α,β-unsaturated/α-hetero) is 1. The van der Waals surface area contributed by atoms with Crippen LogP contribution in [-0.4, -0.2) is 27.8 Å². The van der Waals surface area contributed by atoms with Crippen LogP contribution in [0.5, 0.6) is 0 Å². The molecular weight excluding hydrogens is 310 g/mol. The van der Waals surface area contributed by atoms with E-state index in [1.54, 1.807) is 6.20 Å². The van der Waals surface area contributed by atoms with Gasteiger partial charge in [0.05, 0.1) is 6.04 Å². The van der Waals surface area contributed by atoms with Gasteiger partial charge in [0.1, 0.15) is 5.82 Å². The molecule has 1 atom stereocenters. The topological polar surface area (TPSA) is 46.1 Å². The average molecular weight is 334 g/mol. The maximum atomic E-state index is 12.9. The predicted octanol–water partition coefficient (Wildman–Crippen LogP) is 3.95. The van der Waals surface area contributed by atoms with E-state index in [-0.39, 0.29) is 6.04 Å². The lowest BCUT2D eigenvalue weighted by Gasteiger charge is -2.41. The fraction of sp³-hybridized carbons (Fsp3) is 0.722. The van der Waals surface area contributed by atoms with Crippen LogP contribution in [0.2, 0.25) is 5.28 Å². The van der Waals surface area contributed by atoms with Crippen molar-refractivity contribution in [2.24, 2.45) is 5.92 Å². The number of aromatic nitrogens is 2. The zero-order valence-electron chi connectivity index (χ0n) is 13.5. The molecule has 2 fully saturated rings. The summed E-state index contributed by atoms with van der Waals surface area (Å²) in [4.78, 5) is 23.8. The van der Waals surface area contributed by atoms with Crippen LogP contribution in [-0.2, 0) is 11.2 Å². The molecule has 0 radical (unpaired) electrons. The molecule has 4 rings (SSSR count). The highest BCUT2D eigenvalue weighted by atomic mass is 35.5. The summed E-state index contributed by atoms with van der Waals surface area (Å²) in [6.45, 7) is 0. The zero-order valence-corrected chi connectivity index (χ0v) is 14.3. The first-order chi connectivity index (χ1) is 11.2. The van der Waals surface area contributed by atoms with E-state index in [0.29, 0.717) is 29.4 Å². The smallest absolute Gasteiger partial charge is 0.224 e. The molecule has 0 N–H and O–H groups in total. The molecule has 1 aliphatic heterocycles. The highest BCUT2D eigenvalue weighted by Crippen LogP contribution is 2.39. The Morgan fingerprint density at radius 3 is 2.57 bits per heavy atom. The number of hydrogen-bond donors (Lipinski definition) is 0. The van der Waals surface area contributed by atoms with Gasteiger partial charge in [-0.2, -0.15) is 0 Å². The van der Waals surface area contributed by atoms with Crippen LogP contribution in [0.4, 0.5) is 5.82 Å². The molecule has 3 aliphatic rings. The summed E-state index contributed by atoms with van der Waals surface area (Å²) < 4.78 is 0. The predicted molar refractivity (Wildman–Crippen MR) is 90.9 cm³/mol. The van der Waals surface area contributed by atoms with Gasteiger partial charge in [0.15, 0.2) is 5.78 Å². The Morgan fingerprint density at radius 1 is 1.13 bits per heavy atom. The standard InChI is InChI=1S/C18H24ClN3O/c19-18-20-11-13-10-16(23)15(9-12-5-1-2-6-12)22(17(13)21-18)14-7-3-4-8-14/h11-12,14-15H,1-10H2/t15-/m1/s1. The van der Waals surface area contributed by atoms with Gasteiger partial charge >= 0.3 is 0 Å². The van der Waals surface area contributed by atoms with E-state index in [1.165, 1.54) is 38.5 Å². The van der Waals surface area contributed by atoms with Crippen molar-refractivity contribution >= 4 is 23.2 Å². The molecule has 0 amide bonds. The van der Waals surface area contributed by atoms with Gasteiger partial charge in [-0.15, -0.1) is 0 Å². The molecule has 23 heavy (non-hydrogen) atoms. The van der Waals surface area contributed by atoms with Crippen molar-refractivity contribution in [1.29, 1.82) is 0 Å². The highest BCUT2D eigenvalue weighted by Gasteiger charge is 2.40. The number of ketones is 1.